The molecule has 100 valence electrons. The Bertz CT molecular complexity index is 762. The normalized spacial score (nSPS) is 10.7. The lowest BCUT2D eigenvalue weighted by Gasteiger charge is -2.06. The van der Waals surface area contributed by atoms with Crippen LogP contribution in [0.15, 0.2) is 54.7 Å². The van der Waals surface area contributed by atoms with Crippen LogP contribution in [-0.4, -0.2) is 16.0 Å². The van der Waals surface area contributed by atoms with E-state index in [0.717, 1.165) is 16.5 Å². The summed E-state index contributed by atoms with van der Waals surface area (Å²) in [5.41, 5.74) is 3.05. The molecule has 0 aliphatic heterocycles. The number of aromatic nitrogens is 1. The molecule has 4 heteroatoms. The summed E-state index contributed by atoms with van der Waals surface area (Å²) in [6.45, 7) is -0.0426. The van der Waals surface area contributed by atoms with Gasteiger partial charge in [0.2, 0.25) is 0 Å². The highest BCUT2D eigenvalue weighted by Crippen LogP contribution is 2.16. The molecule has 2 aromatic carbocycles. The average Bonchev–Trinajstić information content (AvgIpc) is 2.94. The maximum absolute atomic E-state index is 12.2. The van der Waals surface area contributed by atoms with Crippen molar-refractivity contribution >= 4 is 22.5 Å². The Balaban J connectivity index is 1.84. The van der Waals surface area contributed by atoms with E-state index in [1.54, 1.807) is 24.3 Å². The fourth-order valence-electron chi connectivity index (χ4n) is 2.15. The molecule has 4 nitrogen and oxygen atoms in total. The van der Waals surface area contributed by atoms with Gasteiger partial charge < -0.3 is 15.4 Å². The van der Waals surface area contributed by atoms with Crippen LogP contribution in [0.5, 0.6) is 0 Å². The van der Waals surface area contributed by atoms with Gasteiger partial charge in [-0.1, -0.05) is 12.1 Å². The quantitative estimate of drug-likeness (QED) is 0.682. The van der Waals surface area contributed by atoms with Crippen molar-refractivity contribution in [1.82, 2.24) is 4.98 Å². The van der Waals surface area contributed by atoms with Crippen LogP contribution in [0.3, 0.4) is 0 Å². The van der Waals surface area contributed by atoms with E-state index in [1.165, 1.54) is 0 Å². The maximum Gasteiger partial charge on any atom is 0.255 e. The van der Waals surface area contributed by atoms with Crippen LogP contribution in [0.2, 0.25) is 0 Å². The molecule has 0 radical (unpaired) electrons. The molecule has 3 N–H and O–H groups in total. The molecule has 3 aromatic rings. The Labute approximate surface area is 116 Å². The lowest BCUT2D eigenvalue weighted by Crippen LogP contribution is -2.11. The van der Waals surface area contributed by atoms with Crippen LogP contribution in [0.1, 0.15) is 15.9 Å². The number of anilines is 1. The van der Waals surface area contributed by atoms with Crippen LogP contribution in [0, 0.1) is 0 Å². The summed E-state index contributed by atoms with van der Waals surface area (Å²) in [4.78, 5) is 15.3. The second kappa shape index (κ2) is 5.19. The smallest absolute Gasteiger partial charge is 0.255 e. The Morgan fingerprint density at radius 2 is 2.05 bits per heavy atom. The molecular formula is C16H14N2O2. The molecule has 1 aromatic heterocycles. The highest BCUT2D eigenvalue weighted by molar-refractivity contribution is 6.06. The third-order valence-electron chi connectivity index (χ3n) is 3.18. The Kier molecular flexibility index (Phi) is 3.23. The molecule has 0 saturated carbocycles. The zero-order valence-electron chi connectivity index (χ0n) is 10.8. The summed E-state index contributed by atoms with van der Waals surface area (Å²) in [6.07, 6.45) is 1.84. The van der Waals surface area contributed by atoms with Gasteiger partial charge in [0.1, 0.15) is 0 Å². The molecule has 0 saturated heterocycles. The van der Waals surface area contributed by atoms with Crippen molar-refractivity contribution in [3.63, 3.8) is 0 Å². The van der Waals surface area contributed by atoms with Gasteiger partial charge in [-0.3, -0.25) is 4.79 Å². The number of aliphatic hydroxyl groups excluding tert-OH is 1. The molecular weight excluding hydrogens is 252 g/mol. The van der Waals surface area contributed by atoms with E-state index in [-0.39, 0.29) is 12.5 Å². The number of carbonyl (C=O) groups is 1. The first-order valence-electron chi connectivity index (χ1n) is 6.34. The van der Waals surface area contributed by atoms with Crippen molar-refractivity contribution in [2.75, 3.05) is 5.32 Å². The Morgan fingerprint density at radius 1 is 1.15 bits per heavy atom. The van der Waals surface area contributed by atoms with Crippen LogP contribution in [0.25, 0.3) is 10.9 Å². The molecule has 20 heavy (non-hydrogen) atoms. The monoisotopic (exact) mass is 266 g/mol. The molecule has 3 rings (SSSR count). The fraction of sp³-hybridized carbons (Fsp3) is 0.0625. The zero-order valence-corrected chi connectivity index (χ0v) is 10.8. The molecule has 0 spiro atoms. The maximum atomic E-state index is 12.2. The molecule has 0 aliphatic rings. The predicted molar refractivity (Wildman–Crippen MR) is 78.6 cm³/mol. The SMILES string of the molecule is O=C(Nc1cccc(CO)c1)c1ccc2[nH]ccc2c1. The number of H-pyrrole nitrogens is 1. The molecule has 0 atom stereocenters. The second-order valence-corrected chi connectivity index (χ2v) is 4.59. The lowest BCUT2D eigenvalue weighted by molar-refractivity contribution is 0.102. The fourth-order valence-corrected chi connectivity index (χ4v) is 2.15. The minimum Gasteiger partial charge on any atom is -0.392 e. The van der Waals surface area contributed by atoms with Gasteiger partial charge in [0.25, 0.3) is 5.91 Å². The molecule has 0 unspecified atom stereocenters. The Hall–Kier alpha value is -2.59. The standard InChI is InChI=1S/C16H14N2O2/c19-10-11-2-1-3-14(8-11)18-16(20)13-4-5-15-12(9-13)6-7-17-15/h1-9,17,19H,10H2,(H,18,20). The number of rotatable bonds is 3. The summed E-state index contributed by atoms with van der Waals surface area (Å²) >= 11 is 0. The highest BCUT2D eigenvalue weighted by Gasteiger charge is 2.07. The van der Waals surface area contributed by atoms with Crippen LogP contribution >= 0.6 is 0 Å². The number of carbonyl (C=O) groups excluding carboxylic acids is 1. The summed E-state index contributed by atoms with van der Waals surface area (Å²) in [5, 5.41) is 12.9. The zero-order chi connectivity index (χ0) is 13.9. The number of fused-ring (bicyclic) bond motifs is 1. The summed E-state index contributed by atoms with van der Waals surface area (Å²) < 4.78 is 0. The van der Waals surface area contributed by atoms with Gasteiger partial charge in [0.15, 0.2) is 0 Å². The largest absolute Gasteiger partial charge is 0.392 e. The number of nitrogens with one attached hydrogen (secondary N) is 2. The summed E-state index contributed by atoms with van der Waals surface area (Å²) in [6, 6.07) is 14.6. The van der Waals surface area contributed by atoms with E-state index in [2.05, 4.69) is 10.3 Å². The van der Waals surface area contributed by atoms with Gasteiger partial charge in [0.05, 0.1) is 6.61 Å². The van der Waals surface area contributed by atoms with E-state index >= 15 is 0 Å². The highest BCUT2D eigenvalue weighted by atomic mass is 16.3. The number of aliphatic hydroxyl groups is 1. The van der Waals surface area contributed by atoms with Crippen LogP contribution in [-0.2, 0) is 6.61 Å². The first-order chi connectivity index (χ1) is 9.76. The number of hydrogen-bond donors (Lipinski definition) is 3. The van der Waals surface area contributed by atoms with Crippen molar-refractivity contribution < 1.29 is 9.90 Å². The van der Waals surface area contributed by atoms with Crippen LogP contribution < -0.4 is 5.32 Å². The topological polar surface area (TPSA) is 65.1 Å². The number of aromatic amines is 1. The third-order valence-corrected chi connectivity index (χ3v) is 3.18. The number of amides is 1. The minimum atomic E-state index is -0.164. The third kappa shape index (κ3) is 2.41. The lowest BCUT2D eigenvalue weighted by atomic mass is 10.1. The van der Waals surface area contributed by atoms with Gasteiger partial charge in [-0.05, 0) is 42.0 Å². The summed E-state index contributed by atoms with van der Waals surface area (Å²) in [5.74, 6) is -0.164. The van der Waals surface area contributed by atoms with Crippen molar-refractivity contribution in [3.8, 4) is 0 Å². The van der Waals surface area contributed by atoms with Crippen LogP contribution in [0.4, 0.5) is 5.69 Å². The van der Waals surface area contributed by atoms with Gasteiger partial charge in [-0.25, -0.2) is 0 Å². The van der Waals surface area contributed by atoms with E-state index in [0.29, 0.717) is 11.3 Å². The average molecular weight is 266 g/mol. The molecule has 0 fully saturated rings. The van der Waals surface area contributed by atoms with Crippen molar-refractivity contribution in [2.45, 2.75) is 6.61 Å². The van der Waals surface area contributed by atoms with E-state index in [1.807, 2.05) is 30.5 Å². The number of hydrogen-bond acceptors (Lipinski definition) is 2. The predicted octanol–water partition coefficient (Wildman–Crippen LogP) is 2.91. The number of benzene rings is 2. The minimum absolute atomic E-state index is 0.0426. The van der Waals surface area contributed by atoms with E-state index in [4.69, 9.17) is 5.11 Å². The molecule has 0 bridgehead atoms. The molecule has 0 aliphatic carbocycles. The molecule has 1 amide bonds. The van der Waals surface area contributed by atoms with Crippen molar-refractivity contribution in [2.24, 2.45) is 0 Å². The van der Waals surface area contributed by atoms with Gasteiger partial charge in [-0.15, -0.1) is 0 Å². The molecule has 1 heterocycles. The van der Waals surface area contributed by atoms with Crippen molar-refractivity contribution in [1.29, 1.82) is 0 Å². The Morgan fingerprint density at radius 3 is 2.90 bits per heavy atom. The van der Waals surface area contributed by atoms with Gasteiger partial charge >= 0.3 is 0 Å². The van der Waals surface area contributed by atoms with Gasteiger partial charge in [-0.2, -0.15) is 0 Å². The van der Waals surface area contributed by atoms with Crippen molar-refractivity contribution in [3.05, 3.63) is 65.9 Å². The summed E-state index contributed by atoms with van der Waals surface area (Å²) in [7, 11) is 0. The second-order valence-electron chi connectivity index (χ2n) is 4.59. The van der Waals surface area contributed by atoms with Gasteiger partial charge in [0, 0.05) is 28.4 Å². The van der Waals surface area contributed by atoms with E-state index < -0.39 is 0 Å². The first-order valence-corrected chi connectivity index (χ1v) is 6.34. The van der Waals surface area contributed by atoms with E-state index in [9.17, 15) is 4.79 Å². The first kappa shape index (κ1) is 12.4.